The molecule has 1 aromatic carbocycles. The molecule has 0 saturated heterocycles. The van der Waals surface area contributed by atoms with E-state index in [0.29, 0.717) is 22.1 Å². The first-order chi connectivity index (χ1) is 9.11. The molecule has 0 unspecified atom stereocenters. The van der Waals surface area contributed by atoms with Crippen molar-refractivity contribution in [2.45, 2.75) is 6.54 Å². The minimum atomic E-state index is -1.09. The third kappa shape index (κ3) is 2.95. The predicted molar refractivity (Wildman–Crippen MR) is 71.9 cm³/mol. The van der Waals surface area contributed by atoms with Gasteiger partial charge in [-0.15, -0.1) is 0 Å². The molecular weight excluding hydrogens is 312 g/mol. The average molecular weight is 321 g/mol. The zero-order chi connectivity index (χ0) is 13.8. The normalized spacial score (nSPS) is 9.89. The van der Waals surface area contributed by atoms with Gasteiger partial charge in [0.15, 0.2) is 0 Å². The van der Waals surface area contributed by atoms with Crippen LogP contribution in [-0.4, -0.2) is 11.1 Å². The van der Waals surface area contributed by atoms with Crippen LogP contribution in [0.4, 0.5) is 5.69 Å². The van der Waals surface area contributed by atoms with Gasteiger partial charge >= 0.3 is 5.97 Å². The minimum absolute atomic E-state index is 0.0692. The molecule has 1 aromatic heterocycles. The van der Waals surface area contributed by atoms with Crippen molar-refractivity contribution < 1.29 is 14.3 Å². The summed E-state index contributed by atoms with van der Waals surface area (Å²) in [6, 6.07) is 8.85. The van der Waals surface area contributed by atoms with Crippen LogP contribution in [0.15, 0.2) is 39.4 Å². The van der Waals surface area contributed by atoms with Crippen molar-refractivity contribution in [1.82, 2.24) is 0 Å². The van der Waals surface area contributed by atoms with Gasteiger partial charge in [-0.1, -0.05) is 0 Å². The second-order valence-electron chi connectivity index (χ2n) is 3.74. The van der Waals surface area contributed by atoms with E-state index in [4.69, 9.17) is 14.8 Å². The smallest absolute Gasteiger partial charge is 0.372 e. The summed E-state index contributed by atoms with van der Waals surface area (Å²) in [5, 5.41) is 20.8. The lowest BCUT2D eigenvalue weighted by atomic mass is 10.2. The first kappa shape index (κ1) is 13.2. The van der Waals surface area contributed by atoms with E-state index in [9.17, 15) is 4.79 Å². The van der Waals surface area contributed by atoms with Gasteiger partial charge in [-0.2, -0.15) is 5.26 Å². The van der Waals surface area contributed by atoms with Crippen molar-refractivity contribution in [3.8, 4) is 6.07 Å². The molecule has 2 N–H and O–H groups in total. The Morgan fingerprint density at radius 3 is 2.89 bits per heavy atom. The summed E-state index contributed by atoms with van der Waals surface area (Å²) in [5.41, 5.74) is 1.89. The van der Waals surface area contributed by atoms with Crippen molar-refractivity contribution in [3.05, 3.63) is 51.9 Å². The molecule has 0 radical (unpaired) electrons. The first-order valence-corrected chi connectivity index (χ1v) is 6.14. The van der Waals surface area contributed by atoms with Gasteiger partial charge in [0.05, 0.1) is 11.8 Å². The molecule has 0 fully saturated rings. The van der Waals surface area contributed by atoms with E-state index in [2.05, 4.69) is 21.2 Å². The molecule has 0 aliphatic heterocycles. The Bertz CT molecular complexity index is 658. The maximum Gasteiger partial charge on any atom is 0.372 e. The highest BCUT2D eigenvalue weighted by atomic mass is 79.9. The van der Waals surface area contributed by atoms with E-state index < -0.39 is 5.97 Å². The second-order valence-corrected chi connectivity index (χ2v) is 4.59. The maximum atomic E-state index is 10.9. The fraction of sp³-hybridized carbons (Fsp3) is 0.0769. The molecule has 0 amide bonds. The highest BCUT2D eigenvalue weighted by Crippen LogP contribution is 2.21. The molecule has 5 nitrogen and oxygen atoms in total. The zero-order valence-electron chi connectivity index (χ0n) is 9.68. The quantitative estimate of drug-likeness (QED) is 0.903. The number of hydrogen-bond donors (Lipinski definition) is 2. The lowest BCUT2D eigenvalue weighted by molar-refractivity contribution is 0.0661. The number of carbonyl (C=O) groups is 1. The number of nitriles is 1. The Balaban J connectivity index is 2.11. The number of anilines is 1. The van der Waals surface area contributed by atoms with Crippen molar-refractivity contribution in [2.75, 3.05) is 5.32 Å². The zero-order valence-corrected chi connectivity index (χ0v) is 11.3. The molecule has 0 atom stereocenters. The molecule has 2 aromatic rings. The number of carboxylic acids is 1. The van der Waals surface area contributed by atoms with Crippen LogP contribution in [0.1, 0.15) is 21.7 Å². The van der Waals surface area contributed by atoms with Crippen molar-refractivity contribution >= 4 is 27.6 Å². The van der Waals surface area contributed by atoms with Crippen LogP contribution in [0, 0.1) is 11.3 Å². The lowest BCUT2D eigenvalue weighted by Gasteiger charge is -2.06. The number of aromatic carboxylic acids is 1. The van der Waals surface area contributed by atoms with E-state index in [0.717, 1.165) is 5.69 Å². The molecule has 6 heteroatoms. The molecular formula is C13H9BrN2O3. The van der Waals surface area contributed by atoms with E-state index in [1.165, 1.54) is 6.26 Å². The van der Waals surface area contributed by atoms with Crippen molar-refractivity contribution in [2.24, 2.45) is 0 Å². The molecule has 19 heavy (non-hydrogen) atoms. The number of carboxylic acid groups (broad SMARTS) is 1. The average Bonchev–Trinajstić information content (AvgIpc) is 2.85. The SMILES string of the molecule is N#Cc1ccc(NCc2ccoc2C(=O)O)cc1Br. The molecule has 0 spiro atoms. The number of benzene rings is 1. The summed E-state index contributed by atoms with van der Waals surface area (Å²) in [5.74, 6) is -1.16. The second kappa shape index (κ2) is 5.59. The number of furan rings is 1. The molecule has 2 rings (SSSR count). The van der Waals surface area contributed by atoms with Crippen molar-refractivity contribution in [1.29, 1.82) is 5.26 Å². The van der Waals surface area contributed by atoms with Crippen LogP contribution in [-0.2, 0) is 6.54 Å². The summed E-state index contributed by atoms with van der Waals surface area (Å²) in [6.45, 7) is 0.330. The number of rotatable bonds is 4. The standard InChI is InChI=1S/C13H9BrN2O3/c14-11-5-10(2-1-8(11)6-15)16-7-9-3-4-19-12(9)13(17)18/h1-5,16H,7H2,(H,17,18). The number of nitrogens with zero attached hydrogens (tertiary/aromatic N) is 1. The van der Waals surface area contributed by atoms with E-state index in [-0.39, 0.29) is 5.76 Å². The van der Waals surface area contributed by atoms with Crippen LogP contribution in [0.3, 0.4) is 0 Å². The van der Waals surface area contributed by atoms with E-state index in [1.807, 2.05) is 6.07 Å². The summed E-state index contributed by atoms with van der Waals surface area (Å²) in [7, 11) is 0. The molecule has 0 bridgehead atoms. The number of nitrogens with one attached hydrogen (secondary N) is 1. The third-order valence-corrected chi connectivity index (χ3v) is 3.17. The van der Waals surface area contributed by atoms with E-state index in [1.54, 1.807) is 24.3 Å². The van der Waals surface area contributed by atoms with Crippen molar-refractivity contribution in [3.63, 3.8) is 0 Å². The lowest BCUT2D eigenvalue weighted by Crippen LogP contribution is -2.04. The van der Waals surface area contributed by atoms with Gasteiger partial charge < -0.3 is 14.8 Å². The van der Waals surface area contributed by atoms with Gasteiger partial charge in [-0.05, 0) is 40.2 Å². The highest BCUT2D eigenvalue weighted by molar-refractivity contribution is 9.10. The van der Waals surface area contributed by atoms with Gasteiger partial charge in [0.1, 0.15) is 6.07 Å². The van der Waals surface area contributed by atoms with Gasteiger partial charge in [0, 0.05) is 22.3 Å². The number of hydrogen-bond acceptors (Lipinski definition) is 4. The Kier molecular flexibility index (Phi) is 3.88. The van der Waals surface area contributed by atoms with Gasteiger partial charge in [0.25, 0.3) is 0 Å². The molecule has 0 aliphatic rings. The van der Waals surface area contributed by atoms with Crippen LogP contribution in [0.2, 0.25) is 0 Å². The summed E-state index contributed by atoms with van der Waals surface area (Å²) in [4.78, 5) is 10.9. The Morgan fingerprint density at radius 2 is 2.26 bits per heavy atom. The predicted octanol–water partition coefficient (Wildman–Crippen LogP) is 3.22. The Hall–Kier alpha value is -2.26. The summed E-state index contributed by atoms with van der Waals surface area (Å²) < 4.78 is 5.57. The molecule has 1 heterocycles. The summed E-state index contributed by atoms with van der Waals surface area (Å²) >= 11 is 3.29. The van der Waals surface area contributed by atoms with E-state index >= 15 is 0 Å². The summed E-state index contributed by atoms with van der Waals surface area (Å²) in [6.07, 6.45) is 1.34. The topological polar surface area (TPSA) is 86.3 Å². The largest absolute Gasteiger partial charge is 0.475 e. The molecule has 0 saturated carbocycles. The van der Waals surface area contributed by atoms with Gasteiger partial charge in [-0.25, -0.2) is 4.79 Å². The van der Waals surface area contributed by atoms with Crippen LogP contribution in [0.5, 0.6) is 0 Å². The third-order valence-electron chi connectivity index (χ3n) is 2.51. The van der Waals surface area contributed by atoms with Crippen LogP contribution in [0.25, 0.3) is 0 Å². The Morgan fingerprint density at radius 1 is 1.47 bits per heavy atom. The van der Waals surface area contributed by atoms with Gasteiger partial charge in [-0.3, -0.25) is 0 Å². The highest BCUT2D eigenvalue weighted by Gasteiger charge is 2.13. The minimum Gasteiger partial charge on any atom is -0.475 e. The van der Waals surface area contributed by atoms with Crippen LogP contribution < -0.4 is 5.32 Å². The monoisotopic (exact) mass is 320 g/mol. The first-order valence-electron chi connectivity index (χ1n) is 5.35. The number of halogens is 1. The Labute approximate surface area is 117 Å². The molecule has 96 valence electrons. The fourth-order valence-corrected chi connectivity index (χ4v) is 2.04. The molecule has 0 aliphatic carbocycles. The fourth-order valence-electron chi connectivity index (χ4n) is 1.58. The van der Waals surface area contributed by atoms with Crippen LogP contribution >= 0.6 is 15.9 Å². The van der Waals surface area contributed by atoms with Gasteiger partial charge in [0.2, 0.25) is 5.76 Å². The maximum absolute atomic E-state index is 10.9.